The molecular weight excluding hydrogens is 208 g/mol. The zero-order valence-corrected chi connectivity index (χ0v) is 9.98. The third-order valence-corrected chi connectivity index (χ3v) is 3.99. The van der Waals surface area contributed by atoms with Gasteiger partial charge in [-0.1, -0.05) is 12.8 Å². The number of hydrogen-bond donors (Lipinski definition) is 1. The molecule has 15 heavy (non-hydrogen) atoms. The average molecular weight is 226 g/mol. The molecule has 0 radical (unpaired) electrons. The van der Waals surface area contributed by atoms with Gasteiger partial charge in [0.25, 0.3) is 0 Å². The fraction of sp³-hybridized carbons (Fsp3) is 0.727. The van der Waals surface area contributed by atoms with Gasteiger partial charge in [0.05, 0.1) is 22.8 Å². The van der Waals surface area contributed by atoms with Gasteiger partial charge in [-0.3, -0.25) is 0 Å². The smallest absolute Gasteiger partial charge is 0.0952 e. The molecule has 0 saturated heterocycles. The van der Waals surface area contributed by atoms with Crippen molar-refractivity contribution in [3.8, 4) is 0 Å². The summed E-state index contributed by atoms with van der Waals surface area (Å²) in [5, 5.41) is 3.26. The molecule has 2 rings (SSSR count). The Bertz CT molecular complexity index is 318. The number of ether oxygens (including phenoxy) is 1. The Morgan fingerprint density at radius 3 is 2.93 bits per heavy atom. The second kappa shape index (κ2) is 4.60. The predicted molar refractivity (Wildman–Crippen MR) is 62.0 cm³/mol. The molecule has 1 fully saturated rings. The number of thiazole rings is 1. The molecule has 0 spiro atoms. The molecule has 0 aromatic carbocycles. The molecule has 0 amide bonds. The molecule has 0 bridgehead atoms. The maximum absolute atomic E-state index is 6.34. The van der Waals surface area contributed by atoms with E-state index in [9.17, 15) is 0 Å². The van der Waals surface area contributed by atoms with E-state index >= 15 is 0 Å². The highest BCUT2D eigenvalue weighted by molar-refractivity contribution is 7.09. The first kappa shape index (κ1) is 11.0. The molecule has 0 aliphatic heterocycles. The normalized spacial score (nSPS) is 19.6. The van der Waals surface area contributed by atoms with Gasteiger partial charge in [0.1, 0.15) is 0 Å². The molecule has 84 valence electrons. The summed E-state index contributed by atoms with van der Waals surface area (Å²) in [6, 6.07) is 0. The minimum Gasteiger partial charge on any atom is -0.384 e. The van der Waals surface area contributed by atoms with E-state index in [1.54, 1.807) is 18.4 Å². The average Bonchev–Trinajstić information content (AvgIpc) is 2.84. The van der Waals surface area contributed by atoms with Crippen LogP contribution in [0.2, 0.25) is 0 Å². The Hall–Kier alpha value is -0.450. The SMILES string of the molecule is COCCc1nc(C2(N)CCCC2)cs1. The van der Waals surface area contributed by atoms with Crippen molar-refractivity contribution in [1.29, 1.82) is 0 Å². The molecule has 1 aromatic heterocycles. The molecule has 4 heteroatoms. The summed E-state index contributed by atoms with van der Waals surface area (Å²) in [5.41, 5.74) is 7.29. The minimum absolute atomic E-state index is 0.137. The van der Waals surface area contributed by atoms with E-state index in [1.807, 2.05) is 0 Å². The van der Waals surface area contributed by atoms with E-state index in [4.69, 9.17) is 10.5 Å². The molecule has 1 aliphatic rings. The highest BCUT2D eigenvalue weighted by Crippen LogP contribution is 2.36. The molecule has 1 saturated carbocycles. The van der Waals surface area contributed by atoms with Gasteiger partial charge in [-0.05, 0) is 12.8 Å². The molecule has 3 nitrogen and oxygen atoms in total. The lowest BCUT2D eigenvalue weighted by Crippen LogP contribution is -2.33. The number of aromatic nitrogens is 1. The monoisotopic (exact) mass is 226 g/mol. The number of rotatable bonds is 4. The van der Waals surface area contributed by atoms with Gasteiger partial charge >= 0.3 is 0 Å². The fourth-order valence-corrected chi connectivity index (χ4v) is 2.99. The summed E-state index contributed by atoms with van der Waals surface area (Å²) in [5.74, 6) is 0. The first-order chi connectivity index (χ1) is 7.24. The maximum atomic E-state index is 6.34. The lowest BCUT2D eigenvalue weighted by Gasteiger charge is -2.20. The lowest BCUT2D eigenvalue weighted by atomic mass is 9.96. The van der Waals surface area contributed by atoms with Gasteiger partial charge in [-0.2, -0.15) is 0 Å². The zero-order valence-electron chi connectivity index (χ0n) is 9.16. The Morgan fingerprint density at radius 2 is 2.27 bits per heavy atom. The van der Waals surface area contributed by atoms with Crippen LogP contribution < -0.4 is 5.73 Å². The largest absolute Gasteiger partial charge is 0.384 e. The lowest BCUT2D eigenvalue weighted by molar-refractivity contribution is 0.202. The van der Waals surface area contributed by atoms with Crippen LogP contribution in [0, 0.1) is 0 Å². The summed E-state index contributed by atoms with van der Waals surface area (Å²) in [7, 11) is 1.72. The second-order valence-electron chi connectivity index (χ2n) is 4.23. The molecule has 1 aromatic rings. The van der Waals surface area contributed by atoms with Crippen LogP contribution in [0.25, 0.3) is 0 Å². The van der Waals surface area contributed by atoms with E-state index in [0.717, 1.165) is 36.6 Å². The van der Waals surface area contributed by atoms with Crippen molar-refractivity contribution in [2.24, 2.45) is 5.73 Å². The molecule has 0 unspecified atom stereocenters. The van der Waals surface area contributed by atoms with Crippen molar-refractivity contribution in [2.75, 3.05) is 13.7 Å². The van der Waals surface area contributed by atoms with Crippen LogP contribution in [0.4, 0.5) is 0 Å². The Kier molecular flexibility index (Phi) is 3.38. The number of hydrogen-bond acceptors (Lipinski definition) is 4. The topological polar surface area (TPSA) is 48.1 Å². The van der Waals surface area contributed by atoms with E-state index in [-0.39, 0.29) is 5.54 Å². The third-order valence-electron chi connectivity index (χ3n) is 3.08. The van der Waals surface area contributed by atoms with Gasteiger partial charge < -0.3 is 10.5 Å². The van der Waals surface area contributed by atoms with Crippen LogP contribution in [-0.4, -0.2) is 18.7 Å². The fourth-order valence-electron chi connectivity index (χ4n) is 2.11. The highest BCUT2D eigenvalue weighted by atomic mass is 32.1. The van der Waals surface area contributed by atoms with Gasteiger partial charge in [0, 0.05) is 18.9 Å². The van der Waals surface area contributed by atoms with Crippen molar-refractivity contribution in [2.45, 2.75) is 37.6 Å². The van der Waals surface area contributed by atoms with Gasteiger partial charge in [-0.15, -0.1) is 11.3 Å². The van der Waals surface area contributed by atoms with Crippen molar-refractivity contribution < 1.29 is 4.74 Å². The van der Waals surface area contributed by atoms with E-state index in [2.05, 4.69) is 10.4 Å². The molecule has 0 atom stereocenters. The van der Waals surface area contributed by atoms with Crippen molar-refractivity contribution in [3.05, 3.63) is 16.1 Å². The summed E-state index contributed by atoms with van der Waals surface area (Å²) >= 11 is 1.70. The van der Waals surface area contributed by atoms with Crippen LogP contribution in [-0.2, 0) is 16.7 Å². The minimum atomic E-state index is -0.137. The van der Waals surface area contributed by atoms with E-state index in [1.165, 1.54) is 12.8 Å². The quantitative estimate of drug-likeness (QED) is 0.855. The van der Waals surface area contributed by atoms with Crippen LogP contribution >= 0.6 is 11.3 Å². The third kappa shape index (κ3) is 2.38. The second-order valence-corrected chi connectivity index (χ2v) is 5.18. The number of nitrogens with two attached hydrogens (primary N) is 1. The molecule has 1 heterocycles. The Morgan fingerprint density at radius 1 is 1.53 bits per heavy atom. The first-order valence-electron chi connectivity index (χ1n) is 5.47. The van der Waals surface area contributed by atoms with Gasteiger partial charge in [0.2, 0.25) is 0 Å². The standard InChI is InChI=1S/C11H18N2OS/c1-14-7-4-10-13-9(8-15-10)11(12)5-2-3-6-11/h8H,2-7,12H2,1H3. The summed E-state index contributed by atoms with van der Waals surface area (Å²) in [6.07, 6.45) is 5.54. The maximum Gasteiger partial charge on any atom is 0.0952 e. The van der Waals surface area contributed by atoms with E-state index < -0.39 is 0 Å². The van der Waals surface area contributed by atoms with Crippen molar-refractivity contribution in [3.63, 3.8) is 0 Å². The predicted octanol–water partition coefficient (Wildman–Crippen LogP) is 2.06. The van der Waals surface area contributed by atoms with Gasteiger partial charge in [0.15, 0.2) is 0 Å². The number of methoxy groups -OCH3 is 1. The highest BCUT2D eigenvalue weighted by Gasteiger charge is 2.33. The van der Waals surface area contributed by atoms with Crippen LogP contribution in [0.5, 0.6) is 0 Å². The Balaban J connectivity index is 2.05. The summed E-state index contributed by atoms with van der Waals surface area (Å²) in [6.45, 7) is 0.741. The molecule has 2 N–H and O–H groups in total. The van der Waals surface area contributed by atoms with Crippen molar-refractivity contribution >= 4 is 11.3 Å². The Labute approximate surface area is 94.7 Å². The summed E-state index contributed by atoms with van der Waals surface area (Å²) < 4.78 is 5.04. The molecule has 1 aliphatic carbocycles. The number of nitrogens with zero attached hydrogens (tertiary/aromatic N) is 1. The van der Waals surface area contributed by atoms with Crippen LogP contribution in [0.1, 0.15) is 36.4 Å². The van der Waals surface area contributed by atoms with E-state index in [0.29, 0.717) is 0 Å². The van der Waals surface area contributed by atoms with Crippen LogP contribution in [0.3, 0.4) is 0 Å². The zero-order chi connectivity index (χ0) is 10.7. The molecular formula is C11H18N2OS. The van der Waals surface area contributed by atoms with Crippen LogP contribution in [0.15, 0.2) is 5.38 Å². The summed E-state index contributed by atoms with van der Waals surface area (Å²) in [4.78, 5) is 4.62. The van der Waals surface area contributed by atoms with Crippen molar-refractivity contribution in [1.82, 2.24) is 4.98 Å². The first-order valence-corrected chi connectivity index (χ1v) is 6.35. The van der Waals surface area contributed by atoms with Gasteiger partial charge in [-0.25, -0.2) is 4.98 Å².